The monoisotopic (exact) mass is 185 g/mol. The summed E-state index contributed by atoms with van der Waals surface area (Å²) < 4.78 is 5.77. The van der Waals surface area contributed by atoms with E-state index >= 15 is 0 Å². The summed E-state index contributed by atoms with van der Waals surface area (Å²) in [5, 5.41) is 3.41. The van der Waals surface area contributed by atoms with E-state index in [4.69, 9.17) is 4.74 Å². The second-order valence-corrected chi connectivity index (χ2v) is 3.93. The van der Waals surface area contributed by atoms with Gasteiger partial charge in [-0.3, -0.25) is 0 Å². The van der Waals surface area contributed by atoms with Crippen LogP contribution in [0.25, 0.3) is 0 Å². The van der Waals surface area contributed by atoms with E-state index in [0.29, 0.717) is 12.1 Å². The van der Waals surface area contributed by atoms with Crippen LogP contribution in [0.15, 0.2) is 0 Å². The largest absolute Gasteiger partial charge is 0.377 e. The van der Waals surface area contributed by atoms with Gasteiger partial charge in [0.15, 0.2) is 0 Å². The zero-order valence-corrected chi connectivity index (χ0v) is 9.18. The summed E-state index contributed by atoms with van der Waals surface area (Å²) in [5.74, 6) is 0.882. The van der Waals surface area contributed by atoms with Crippen LogP contribution < -0.4 is 5.32 Å². The molecule has 2 atom stereocenters. The van der Waals surface area contributed by atoms with Gasteiger partial charge in [0.25, 0.3) is 0 Å². The summed E-state index contributed by atoms with van der Waals surface area (Å²) in [6, 6.07) is 0.597. The van der Waals surface area contributed by atoms with Gasteiger partial charge < -0.3 is 10.1 Å². The smallest absolute Gasteiger partial charge is 0.0730 e. The van der Waals surface area contributed by atoms with Gasteiger partial charge in [0, 0.05) is 12.6 Å². The number of hydrogen-bond donors (Lipinski definition) is 1. The molecule has 1 N–H and O–H groups in total. The van der Waals surface area contributed by atoms with Crippen molar-refractivity contribution in [3.05, 3.63) is 0 Å². The molecule has 0 spiro atoms. The molecule has 0 amide bonds. The third kappa shape index (κ3) is 3.28. The third-order valence-electron chi connectivity index (χ3n) is 2.82. The second-order valence-electron chi connectivity index (χ2n) is 3.93. The number of ether oxygens (including phenoxy) is 1. The van der Waals surface area contributed by atoms with Crippen molar-refractivity contribution in [1.29, 1.82) is 0 Å². The van der Waals surface area contributed by atoms with Crippen molar-refractivity contribution in [2.75, 3.05) is 13.7 Å². The van der Waals surface area contributed by atoms with E-state index in [1.54, 1.807) is 0 Å². The predicted octanol–water partition coefficient (Wildman–Crippen LogP) is 2.19. The highest BCUT2D eigenvalue weighted by Crippen LogP contribution is 2.35. The van der Waals surface area contributed by atoms with Gasteiger partial charge >= 0.3 is 0 Å². The Morgan fingerprint density at radius 2 is 2.08 bits per heavy atom. The predicted molar refractivity (Wildman–Crippen MR) is 55.9 cm³/mol. The normalized spacial score (nSPS) is 21.5. The van der Waals surface area contributed by atoms with E-state index in [-0.39, 0.29) is 0 Å². The molecule has 2 heteroatoms. The van der Waals surface area contributed by atoms with Crippen LogP contribution in [0.1, 0.15) is 39.5 Å². The van der Waals surface area contributed by atoms with E-state index in [2.05, 4.69) is 26.2 Å². The Balaban J connectivity index is 2.38. The fourth-order valence-corrected chi connectivity index (χ4v) is 2.05. The van der Waals surface area contributed by atoms with Gasteiger partial charge in [-0.1, -0.05) is 13.3 Å². The van der Waals surface area contributed by atoms with Crippen LogP contribution in [0.5, 0.6) is 0 Å². The van der Waals surface area contributed by atoms with E-state index in [1.807, 2.05) is 0 Å². The van der Waals surface area contributed by atoms with Crippen molar-refractivity contribution in [3.8, 4) is 0 Å². The van der Waals surface area contributed by atoms with E-state index in [0.717, 1.165) is 12.5 Å². The molecule has 1 fully saturated rings. The highest BCUT2D eigenvalue weighted by molar-refractivity contribution is 4.90. The van der Waals surface area contributed by atoms with Crippen LogP contribution in [-0.4, -0.2) is 25.8 Å². The van der Waals surface area contributed by atoms with Gasteiger partial charge in [-0.05, 0) is 39.2 Å². The average molecular weight is 185 g/mol. The number of likely N-dealkylation sites (N-methyl/N-ethyl adjacent to an activating group) is 1. The van der Waals surface area contributed by atoms with Crippen molar-refractivity contribution in [3.63, 3.8) is 0 Å². The Labute approximate surface area is 82.0 Å². The molecular weight excluding hydrogens is 162 g/mol. The summed E-state index contributed by atoms with van der Waals surface area (Å²) in [7, 11) is 2.06. The minimum Gasteiger partial charge on any atom is -0.377 e. The number of nitrogens with one attached hydrogen (secondary N) is 1. The molecule has 1 aliphatic rings. The Morgan fingerprint density at radius 1 is 1.38 bits per heavy atom. The van der Waals surface area contributed by atoms with Gasteiger partial charge in [-0.15, -0.1) is 0 Å². The van der Waals surface area contributed by atoms with Gasteiger partial charge in [0.1, 0.15) is 0 Å². The maximum atomic E-state index is 5.77. The summed E-state index contributed by atoms with van der Waals surface area (Å²) in [6.07, 6.45) is 5.62. The topological polar surface area (TPSA) is 21.3 Å². The SMILES string of the molecule is CCCC(OCC)C(NC)C1CC1. The second kappa shape index (κ2) is 5.61. The minimum absolute atomic E-state index is 0.438. The molecule has 0 heterocycles. The molecular formula is C11H23NO. The Morgan fingerprint density at radius 3 is 2.46 bits per heavy atom. The lowest BCUT2D eigenvalue weighted by Gasteiger charge is -2.26. The van der Waals surface area contributed by atoms with Crippen molar-refractivity contribution in [2.24, 2.45) is 5.92 Å². The molecule has 0 radical (unpaired) electrons. The summed E-state index contributed by atoms with van der Waals surface area (Å²) in [4.78, 5) is 0. The molecule has 1 aliphatic carbocycles. The highest BCUT2D eigenvalue weighted by atomic mass is 16.5. The van der Waals surface area contributed by atoms with Gasteiger partial charge in [0.05, 0.1) is 6.10 Å². The van der Waals surface area contributed by atoms with Crippen LogP contribution in [0.3, 0.4) is 0 Å². The first-order chi connectivity index (χ1) is 6.33. The number of hydrogen-bond acceptors (Lipinski definition) is 2. The molecule has 78 valence electrons. The average Bonchev–Trinajstić information content (AvgIpc) is 2.90. The molecule has 1 saturated carbocycles. The zero-order valence-electron chi connectivity index (χ0n) is 9.18. The van der Waals surface area contributed by atoms with Crippen LogP contribution >= 0.6 is 0 Å². The molecule has 2 unspecified atom stereocenters. The zero-order chi connectivity index (χ0) is 9.68. The molecule has 2 nitrogen and oxygen atoms in total. The lowest BCUT2D eigenvalue weighted by Crippen LogP contribution is -2.41. The van der Waals surface area contributed by atoms with Crippen molar-refractivity contribution < 1.29 is 4.74 Å². The van der Waals surface area contributed by atoms with Gasteiger partial charge in [-0.2, -0.15) is 0 Å². The fraction of sp³-hybridized carbons (Fsp3) is 1.00. The van der Waals surface area contributed by atoms with Crippen molar-refractivity contribution in [1.82, 2.24) is 5.32 Å². The molecule has 0 bridgehead atoms. The Bertz CT molecular complexity index is 128. The summed E-state index contributed by atoms with van der Waals surface area (Å²) >= 11 is 0. The number of rotatable bonds is 7. The van der Waals surface area contributed by atoms with E-state index in [1.165, 1.54) is 25.7 Å². The molecule has 0 aliphatic heterocycles. The molecule has 0 aromatic heterocycles. The van der Waals surface area contributed by atoms with Crippen LogP contribution in [0.2, 0.25) is 0 Å². The summed E-state index contributed by atoms with van der Waals surface area (Å²) in [5.41, 5.74) is 0. The first kappa shape index (κ1) is 11.0. The highest BCUT2D eigenvalue weighted by Gasteiger charge is 2.35. The van der Waals surface area contributed by atoms with E-state index < -0.39 is 0 Å². The quantitative estimate of drug-likeness (QED) is 0.656. The van der Waals surface area contributed by atoms with Crippen LogP contribution in [0, 0.1) is 5.92 Å². The fourth-order valence-electron chi connectivity index (χ4n) is 2.05. The maximum absolute atomic E-state index is 5.77. The lowest BCUT2D eigenvalue weighted by atomic mass is 10.0. The molecule has 0 aromatic carbocycles. The van der Waals surface area contributed by atoms with E-state index in [9.17, 15) is 0 Å². The van der Waals surface area contributed by atoms with Crippen molar-refractivity contribution in [2.45, 2.75) is 51.7 Å². The standard InChI is InChI=1S/C11H23NO/c1-4-6-10(13-5-2)11(12-3)9-7-8-9/h9-12H,4-8H2,1-3H3. The van der Waals surface area contributed by atoms with Gasteiger partial charge in [-0.25, -0.2) is 0 Å². The molecule has 13 heavy (non-hydrogen) atoms. The molecule has 0 aromatic rings. The first-order valence-corrected chi connectivity index (χ1v) is 5.62. The minimum atomic E-state index is 0.438. The van der Waals surface area contributed by atoms with Crippen molar-refractivity contribution >= 4 is 0 Å². The summed E-state index contributed by atoms with van der Waals surface area (Å²) in [6.45, 7) is 5.16. The third-order valence-corrected chi connectivity index (χ3v) is 2.82. The Hall–Kier alpha value is -0.0800. The lowest BCUT2D eigenvalue weighted by molar-refractivity contribution is 0.0243. The molecule has 1 rings (SSSR count). The van der Waals surface area contributed by atoms with Crippen LogP contribution in [-0.2, 0) is 4.74 Å². The van der Waals surface area contributed by atoms with Gasteiger partial charge in [0.2, 0.25) is 0 Å². The van der Waals surface area contributed by atoms with Crippen LogP contribution in [0.4, 0.5) is 0 Å². The maximum Gasteiger partial charge on any atom is 0.0730 e. The first-order valence-electron chi connectivity index (χ1n) is 5.62. The molecule has 0 saturated heterocycles. The Kier molecular flexibility index (Phi) is 4.74.